The van der Waals surface area contributed by atoms with Crippen molar-refractivity contribution in [1.29, 1.82) is 0 Å². The van der Waals surface area contributed by atoms with E-state index in [9.17, 15) is 9.59 Å². The first kappa shape index (κ1) is 19.9. The van der Waals surface area contributed by atoms with Gasteiger partial charge in [0.1, 0.15) is 0 Å². The molecule has 0 bridgehead atoms. The SMILES string of the molecule is Cc1ncoc1C(=O)N1CCC[C@@H](CNC(=O)c2ccc(-c3ccccc3)cc2)C1. The fourth-order valence-electron chi connectivity index (χ4n) is 3.85. The van der Waals surface area contributed by atoms with E-state index in [1.165, 1.54) is 6.39 Å². The summed E-state index contributed by atoms with van der Waals surface area (Å²) in [7, 11) is 0. The first-order valence-corrected chi connectivity index (χ1v) is 10.2. The number of aryl methyl sites for hydroxylation is 1. The zero-order chi connectivity index (χ0) is 20.9. The van der Waals surface area contributed by atoms with E-state index < -0.39 is 0 Å². The highest BCUT2D eigenvalue weighted by atomic mass is 16.3. The van der Waals surface area contributed by atoms with Gasteiger partial charge in [-0.1, -0.05) is 42.5 Å². The fraction of sp³-hybridized carbons (Fsp3) is 0.292. The van der Waals surface area contributed by atoms with Crippen molar-refractivity contribution in [3.63, 3.8) is 0 Å². The van der Waals surface area contributed by atoms with Crippen LogP contribution in [0.15, 0.2) is 65.4 Å². The van der Waals surface area contributed by atoms with Crippen LogP contribution in [0, 0.1) is 12.8 Å². The van der Waals surface area contributed by atoms with Gasteiger partial charge in [0.15, 0.2) is 6.39 Å². The monoisotopic (exact) mass is 403 g/mol. The Hall–Kier alpha value is -3.41. The lowest BCUT2D eigenvalue weighted by Crippen LogP contribution is -2.43. The Kier molecular flexibility index (Phi) is 5.93. The molecular formula is C24H25N3O3. The van der Waals surface area contributed by atoms with E-state index >= 15 is 0 Å². The van der Waals surface area contributed by atoms with Crippen molar-refractivity contribution >= 4 is 11.8 Å². The number of hydrogen-bond acceptors (Lipinski definition) is 4. The van der Waals surface area contributed by atoms with Crippen molar-refractivity contribution in [3.05, 3.63) is 78.0 Å². The van der Waals surface area contributed by atoms with Gasteiger partial charge < -0.3 is 14.6 Å². The first-order valence-electron chi connectivity index (χ1n) is 10.2. The van der Waals surface area contributed by atoms with E-state index in [0.29, 0.717) is 36.7 Å². The third-order valence-electron chi connectivity index (χ3n) is 5.55. The average Bonchev–Trinajstić information content (AvgIpc) is 3.23. The maximum atomic E-state index is 12.6. The number of oxazole rings is 1. The summed E-state index contributed by atoms with van der Waals surface area (Å²) in [6, 6.07) is 17.7. The molecule has 2 amide bonds. The van der Waals surface area contributed by atoms with Crippen LogP contribution >= 0.6 is 0 Å². The molecule has 30 heavy (non-hydrogen) atoms. The molecule has 1 aliphatic rings. The number of carbonyl (C=O) groups is 2. The summed E-state index contributed by atoms with van der Waals surface area (Å²) < 4.78 is 5.24. The highest BCUT2D eigenvalue weighted by Gasteiger charge is 2.27. The fourth-order valence-corrected chi connectivity index (χ4v) is 3.85. The predicted molar refractivity (Wildman–Crippen MR) is 114 cm³/mol. The van der Waals surface area contributed by atoms with Crippen LogP contribution in [0.2, 0.25) is 0 Å². The van der Waals surface area contributed by atoms with Crippen molar-refractivity contribution in [3.8, 4) is 11.1 Å². The van der Waals surface area contributed by atoms with E-state index in [2.05, 4.69) is 10.3 Å². The molecule has 1 N–H and O–H groups in total. The zero-order valence-electron chi connectivity index (χ0n) is 17.0. The molecule has 1 fully saturated rings. The topological polar surface area (TPSA) is 75.4 Å². The minimum Gasteiger partial charge on any atom is -0.438 e. The molecule has 1 atom stereocenters. The Morgan fingerprint density at radius 2 is 1.83 bits per heavy atom. The number of likely N-dealkylation sites (tertiary alicyclic amines) is 1. The largest absolute Gasteiger partial charge is 0.438 e. The Labute approximate surface area is 175 Å². The molecular weight excluding hydrogens is 378 g/mol. The lowest BCUT2D eigenvalue weighted by Gasteiger charge is -2.32. The molecule has 2 aromatic carbocycles. The number of piperidine rings is 1. The van der Waals surface area contributed by atoms with E-state index in [-0.39, 0.29) is 17.7 Å². The lowest BCUT2D eigenvalue weighted by molar-refractivity contribution is 0.0638. The molecule has 4 rings (SSSR count). The Balaban J connectivity index is 1.32. The molecule has 0 unspecified atom stereocenters. The van der Waals surface area contributed by atoms with Gasteiger partial charge in [-0.2, -0.15) is 0 Å². The maximum absolute atomic E-state index is 12.6. The van der Waals surface area contributed by atoms with Gasteiger partial charge in [-0.3, -0.25) is 9.59 Å². The van der Waals surface area contributed by atoms with Crippen molar-refractivity contribution in [2.45, 2.75) is 19.8 Å². The Morgan fingerprint density at radius 3 is 2.53 bits per heavy atom. The van der Waals surface area contributed by atoms with Crippen LogP contribution in [-0.4, -0.2) is 41.3 Å². The van der Waals surface area contributed by atoms with Gasteiger partial charge in [0.25, 0.3) is 11.8 Å². The third-order valence-corrected chi connectivity index (χ3v) is 5.55. The molecule has 0 radical (unpaired) electrons. The van der Waals surface area contributed by atoms with Crippen LogP contribution in [0.1, 0.15) is 39.4 Å². The molecule has 2 heterocycles. The summed E-state index contributed by atoms with van der Waals surface area (Å²) in [5.41, 5.74) is 3.44. The Bertz CT molecular complexity index is 1010. The smallest absolute Gasteiger partial charge is 0.291 e. The van der Waals surface area contributed by atoms with Gasteiger partial charge in [0, 0.05) is 25.2 Å². The van der Waals surface area contributed by atoms with Crippen LogP contribution in [-0.2, 0) is 0 Å². The summed E-state index contributed by atoms with van der Waals surface area (Å²) >= 11 is 0. The van der Waals surface area contributed by atoms with E-state index in [4.69, 9.17) is 4.42 Å². The molecule has 1 saturated heterocycles. The number of carbonyl (C=O) groups excluding carboxylic acids is 2. The molecule has 3 aromatic rings. The highest BCUT2D eigenvalue weighted by molar-refractivity contribution is 5.94. The maximum Gasteiger partial charge on any atom is 0.291 e. The van der Waals surface area contributed by atoms with Gasteiger partial charge >= 0.3 is 0 Å². The molecule has 6 nitrogen and oxygen atoms in total. The van der Waals surface area contributed by atoms with Gasteiger partial charge in [-0.05, 0) is 48.9 Å². The van der Waals surface area contributed by atoms with Gasteiger partial charge in [0.2, 0.25) is 5.76 Å². The molecule has 1 aromatic heterocycles. The molecule has 0 saturated carbocycles. The molecule has 6 heteroatoms. The number of rotatable bonds is 5. The van der Waals surface area contributed by atoms with Crippen LogP contribution in [0.3, 0.4) is 0 Å². The summed E-state index contributed by atoms with van der Waals surface area (Å²) in [6.07, 6.45) is 3.19. The van der Waals surface area contributed by atoms with E-state index in [0.717, 1.165) is 24.0 Å². The summed E-state index contributed by atoms with van der Waals surface area (Å²) in [5, 5.41) is 3.02. The van der Waals surface area contributed by atoms with Crippen LogP contribution < -0.4 is 5.32 Å². The second kappa shape index (κ2) is 8.95. The predicted octanol–water partition coefficient (Wildman–Crippen LogP) is 3.93. The average molecular weight is 403 g/mol. The normalized spacial score (nSPS) is 16.3. The van der Waals surface area contributed by atoms with Gasteiger partial charge in [-0.15, -0.1) is 0 Å². The summed E-state index contributed by atoms with van der Waals surface area (Å²) in [4.78, 5) is 31.0. The van der Waals surface area contributed by atoms with E-state index in [1.807, 2.05) is 54.6 Å². The first-order chi connectivity index (χ1) is 14.6. The number of nitrogens with one attached hydrogen (secondary N) is 1. The molecule has 154 valence electrons. The quantitative estimate of drug-likeness (QED) is 0.700. The summed E-state index contributed by atoms with van der Waals surface area (Å²) in [6.45, 7) is 3.61. The highest BCUT2D eigenvalue weighted by Crippen LogP contribution is 2.21. The molecule has 1 aliphatic heterocycles. The lowest BCUT2D eigenvalue weighted by atomic mass is 9.97. The number of benzene rings is 2. The van der Waals surface area contributed by atoms with E-state index in [1.54, 1.807) is 11.8 Å². The molecule has 0 aliphatic carbocycles. The molecule has 0 spiro atoms. The van der Waals surface area contributed by atoms with Gasteiger partial charge in [-0.25, -0.2) is 4.98 Å². The number of aromatic nitrogens is 1. The second-order valence-electron chi connectivity index (χ2n) is 7.68. The van der Waals surface area contributed by atoms with Crippen LogP contribution in [0.25, 0.3) is 11.1 Å². The van der Waals surface area contributed by atoms with Gasteiger partial charge in [0.05, 0.1) is 5.69 Å². The van der Waals surface area contributed by atoms with Crippen molar-refractivity contribution in [2.24, 2.45) is 5.92 Å². The van der Waals surface area contributed by atoms with Crippen molar-refractivity contribution < 1.29 is 14.0 Å². The Morgan fingerprint density at radius 1 is 1.10 bits per heavy atom. The minimum atomic E-state index is -0.127. The van der Waals surface area contributed by atoms with Crippen molar-refractivity contribution in [1.82, 2.24) is 15.2 Å². The number of amides is 2. The standard InChI is InChI=1S/C24H25N3O3/c1-17-22(30-16-26-17)24(29)27-13-5-6-18(15-27)14-25-23(28)21-11-9-20(10-12-21)19-7-3-2-4-8-19/h2-4,7-12,16,18H,5-6,13-15H2,1H3,(H,25,28)/t18-/m0/s1. The zero-order valence-corrected chi connectivity index (χ0v) is 17.0. The third kappa shape index (κ3) is 4.43. The van der Waals surface area contributed by atoms with Crippen molar-refractivity contribution in [2.75, 3.05) is 19.6 Å². The van der Waals surface area contributed by atoms with Crippen LogP contribution in [0.4, 0.5) is 0 Å². The number of hydrogen-bond donors (Lipinski definition) is 1. The second-order valence-corrected chi connectivity index (χ2v) is 7.68. The minimum absolute atomic E-state index is 0.0934. The van der Waals surface area contributed by atoms with Crippen LogP contribution in [0.5, 0.6) is 0 Å². The number of nitrogens with zero attached hydrogens (tertiary/aromatic N) is 2. The summed E-state index contributed by atoms with van der Waals surface area (Å²) in [5.74, 6) is 0.304.